The van der Waals surface area contributed by atoms with Gasteiger partial charge >= 0.3 is 0 Å². The number of aromatic nitrogens is 1. The fourth-order valence-electron chi connectivity index (χ4n) is 4.17. The van der Waals surface area contributed by atoms with Gasteiger partial charge in [0.25, 0.3) is 5.89 Å². The third-order valence-corrected chi connectivity index (χ3v) is 8.17. The van der Waals surface area contributed by atoms with E-state index in [1.807, 2.05) is 0 Å². The van der Waals surface area contributed by atoms with Crippen LogP contribution in [0.5, 0.6) is 0 Å². The number of carbonyl (C=O) groups excluding carboxylic acids is 3. The molecule has 0 spiro atoms. The second-order valence-corrected chi connectivity index (χ2v) is 10.5. The number of nitrogens with one attached hydrogen (secondary N) is 1. The van der Waals surface area contributed by atoms with Crippen molar-refractivity contribution in [3.63, 3.8) is 0 Å². The van der Waals surface area contributed by atoms with Crippen molar-refractivity contribution in [2.24, 2.45) is 0 Å². The molecular formula is C24H25N3O6S. The third kappa shape index (κ3) is 4.45. The van der Waals surface area contributed by atoms with Crippen LogP contribution < -0.4 is 5.32 Å². The van der Waals surface area contributed by atoms with Crippen LogP contribution in [0.1, 0.15) is 37.4 Å². The van der Waals surface area contributed by atoms with Crippen molar-refractivity contribution in [3.8, 4) is 0 Å². The Bertz CT molecular complexity index is 1300. The number of carbonyl (C=O) groups is 3. The lowest BCUT2D eigenvalue weighted by Gasteiger charge is -2.24. The molecular weight excluding hydrogens is 458 g/mol. The number of Topliss-reactive ketones (excluding diaryl/α,β-unsaturated/α-hetero) is 1. The number of nitrogens with zero attached hydrogens (tertiary/aromatic N) is 2. The Kier molecular flexibility index (Phi) is 6.52. The van der Waals surface area contributed by atoms with E-state index in [9.17, 15) is 22.8 Å². The van der Waals surface area contributed by atoms with E-state index in [1.54, 1.807) is 49.4 Å². The van der Waals surface area contributed by atoms with Crippen LogP contribution >= 0.6 is 0 Å². The van der Waals surface area contributed by atoms with Gasteiger partial charge in [0.2, 0.25) is 17.6 Å². The van der Waals surface area contributed by atoms with Crippen molar-refractivity contribution >= 4 is 38.5 Å². The van der Waals surface area contributed by atoms with Gasteiger partial charge < -0.3 is 14.6 Å². The third-order valence-electron chi connectivity index (χ3n) is 6.03. The fourth-order valence-corrected chi connectivity index (χ4v) is 5.88. The number of para-hydroxylation sites is 2. The van der Waals surface area contributed by atoms with Crippen LogP contribution in [0, 0.1) is 0 Å². The average Bonchev–Trinajstić information content (AvgIpc) is 3.48. The first-order valence-corrected chi connectivity index (χ1v) is 12.5. The number of sulfone groups is 1. The summed E-state index contributed by atoms with van der Waals surface area (Å²) in [7, 11) is -3.75. The first-order chi connectivity index (χ1) is 16.2. The zero-order chi connectivity index (χ0) is 24.5. The number of oxazole rings is 1. The largest absolute Gasteiger partial charge is 0.434 e. The SMILES string of the molecule is CCC(NC(=O)[C@@H]1C[C@@H](S(=O)(=O)c2ccccc2)CN1C(C)=O)C(=O)c1nc2ccccc2o1. The van der Waals surface area contributed by atoms with E-state index in [-0.39, 0.29) is 30.2 Å². The van der Waals surface area contributed by atoms with Crippen molar-refractivity contribution in [1.82, 2.24) is 15.2 Å². The summed E-state index contributed by atoms with van der Waals surface area (Å²) in [6, 6.07) is 12.9. The minimum Gasteiger partial charge on any atom is -0.434 e. The maximum atomic E-state index is 13.1. The molecule has 2 heterocycles. The molecule has 34 heavy (non-hydrogen) atoms. The van der Waals surface area contributed by atoms with E-state index >= 15 is 0 Å². The summed E-state index contributed by atoms with van der Waals surface area (Å²) in [6.07, 6.45) is 0.206. The highest BCUT2D eigenvalue weighted by molar-refractivity contribution is 7.92. The van der Waals surface area contributed by atoms with Crippen LogP contribution in [0.4, 0.5) is 0 Å². The van der Waals surface area contributed by atoms with Gasteiger partial charge in [-0.15, -0.1) is 0 Å². The molecule has 10 heteroatoms. The Labute approximate surface area is 197 Å². The second-order valence-electron chi connectivity index (χ2n) is 8.22. The quantitative estimate of drug-likeness (QED) is 0.511. The zero-order valence-electron chi connectivity index (χ0n) is 18.8. The maximum absolute atomic E-state index is 13.1. The molecule has 0 saturated carbocycles. The average molecular weight is 484 g/mol. The van der Waals surface area contributed by atoms with Gasteiger partial charge in [-0.1, -0.05) is 37.3 Å². The maximum Gasteiger partial charge on any atom is 0.266 e. The molecule has 1 fully saturated rings. The Balaban J connectivity index is 1.53. The van der Waals surface area contributed by atoms with Gasteiger partial charge in [-0.3, -0.25) is 14.4 Å². The first-order valence-electron chi connectivity index (χ1n) is 11.0. The van der Waals surface area contributed by atoms with Crippen molar-refractivity contribution < 1.29 is 27.2 Å². The molecule has 9 nitrogen and oxygen atoms in total. The molecule has 1 aliphatic heterocycles. The Hall–Kier alpha value is -3.53. The molecule has 1 aliphatic rings. The van der Waals surface area contributed by atoms with Gasteiger partial charge in [-0.05, 0) is 37.1 Å². The summed E-state index contributed by atoms with van der Waals surface area (Å²) in [5.41, 5.74) is 0.985. The summed E-state index contributed by atoms with van der Waals surface area (Å²) >= 11 is 0. The molecule has 4 rings (SSSR count). The summed E-state index contributed by atoms with van der Waals surface area (Å²) in [4.78, 5) is 43.9. The number of hydrogen-bond donors (Lipinski definition) is 1. The van der Waals surface area contributed by atoms with Gasteiger partial charge in [-0.2, -0.15) is 0 Å². The van der Waals surface area contributed by atoms with Crippen molar-refractivity contribution in [2.45, 2.75) is 48.9 Å². The molecule has 3 aromatic rings. The van der Waals surface area contributed by atoms with E-state index < -0.39 is 44.8 Å². The van der Waals surface area contributed by atoms with E-state index in [1.165, 1.54) is 24.0 Å². The van der Waals surface area contributed by atoms with Crippen LogP contribution in [-0.2, 0) is 19.4 Å². The lowest BCUT2D eigenvalue weighted by atomic mass is 10.1. The first kappa shape index (κ1) is 23.6. The van der Waals surface area contributed by atoms with Crippen LogP contribution in [0.25, 0.3) is 11.1 Å². The fraction of sp³-hybridized carbons (Fsp3) is 0.333. The molecule has 3 atom stereocenters. The monoisotopic (exact) mass is 483 g/mol. The number of benzene rings is 2. The highest BCUT2D eigenvalue weighted by Crippen LogP contribution is 2.28. The van der Waals surface area contributed by atoms with Crippen molar-refractivity contribution in [3.05, 3.63) is 60.5 Å². The van der Waals surface area contributed by atoms with Gasteiger partial charge in [0.1, 0.15) is 11.6 Å². The van der Waals surface area contributed by atoms with Crippen LogP contribution in [0.15, 0.2) is 63.9 Å². The molecule has 0 radical (unpaired) electrons. The molecule has 1 unspecified atom stereocenters. The molecule has 0 aliphatic carbocycles. The second kappa shape index (κ2) is 9.38. The van der Waals surface area contributed by atoms with Crippen molar-refractivity contribution in [1.29, 1.82) is 0 Å². The lowest BCUT2D eigenvalue weighted by Crippen LogP contribution is -2.50. The summed E-state index contributed by atoms with van der Waals surface area (Å²) < 4.78 is 31.7. The number of hydrogen-bond acceptors (Lipinski definition) is 7. The normalized spacial score (nSPS) is 19.2. The van der Waals surface area contributed by atoms with E-state index in [4.69, 9.17) is 4.42 Å². The summed E-state index contributed by atoms with van der Waals surface area (Å²) in [5, 5.41) is 1.74. The summed E-state index contributed by atoms with van der Waals surface area (Å²) in [5.74, 6) is -1.61. The van der Waals surface area contributed by atoms with Gasteiger partial charge in [0.05, 0.1) is 16.2 Å². The molecule has 0 bridgehead atoms. The Morgan fingerprint density at radius 3 is 2.44 bits per heavy atom. The Morgan fingerprint density at radius 2 is 1.79 bits per heavy atom. The summed E-state index contributed by atoms with van der Waals surface area (Å²) in [6.45, 7) is 2.92. The molecule has 1 N–H and O–H groups in total. The van der Waals surface area contributed by atoms with Crippen LogP contribution in [0.3, 0.4) is 0 Å². The topological polar surface area (TPSA) is 127 Å². The van der Waals surface area contributed by atoms with E-state index in [0.29, 0.717) is 11.1 Å². The number of amides is 2. The van der Waals surface area contributed by atoms with Crippen LogP contribution in [-0.4, -0.2) is 59.8 Å². The predicted molar refractivity (Wildman–Crippen MR) is 124 cm³/mol. The number of likely N-dealkylation sites (tertiary alicyclic amines) is 1. The number of rotatable bonds is 7. The molecule has 2 amide bonds. The van der Waals surface area contributed by atoms with Gasteiger partial charge in [0.15, 0.2) is 15.4 Å². The molecule has 1 aromatic heterocycles. The standard InChI is InChI=1S/C24H25N3O6S/c1-3-18(22(29)24-26-19-11-7-8-12-21(19)33-24)25-23(30)20-13-17(14-27(20)15(2)28)34(31,32)16-9-5-4-6-10-16/h4-12,17-18,20H,3,13-14H2,1-2H3,(H,25,30)/t17-,18?,20+/m1/s1. The lowest BCUT2D eigenvalue weighted by molar-refractivity contribution is -0.137. The van der Waals surface area contributed by atoms with Crippen LogP contribution in [0.2, 0.25) is 0 Å². The van der Waals surface area contributed by atoms with Crippen molar-refractivity contribution in [2.75, 3.05) is 6.54 Å². The number of ketones is 1. The molecule has 2 aromatic carbocycles. The zero-order valence-corrected chi connectivity index (χ0v) is 19.6. The highest BCUT2D eigenvalue weighted by Gasteiger charge is 2.45. The predicted octanol–water partition coefficient (Wildman–Crippen LogP) is 2.37. The Morgan fingerprint density at radius 1 is 1.12 bits per heavy atom. The molecule has 178 valence electrons. The molecule has 1 saturated heterocycles. The number of fused-ring (bicyclic) bond motifs is 1. The minimum atomic E-state index is -3.75. The minimum absolute atomic E-state index is 0.0594. The van der Waals surface area contributed by atoms with Gasteiger partial charge in [0, 0.05) is 13.5 Å². The van der Waals surface area contributed by atoms with E-state index in [0.717, 1.165) is 0 Å². The smallest absolute Gasteiger partial charge is 0.266 e. The van der Waals surface area contributed by atoms with Gasteiger partial charge in [-0.25, -0.2) is 13.4 Å². The highest BCUT2D eigenvalue weighted by atomic mass is 32.2. The van der Waals surface area contributed by atoms with E-state index in [2.05, 4.69) is 10.3 Å².